The molecule has 0 amide bonds. The van der Waals surface area contributed by atoms with Gasteiger partial charge in [-0.2, -0.15) is 5.26 Å². The molecule has 136 valence electrons. The summed E-state index contributed by atoms with van der Waals surface area (Å²) in [6, 6.07) is 12.4. The number of aromatic nitrogens is 2. The average molecular weight is 359 g/mol. The molecule has 2 aromatic heterocycles. The van der Waals surface area contributed by atoms with E-state index in [1.54, 1.807) is 0 Å². The molecule has 1 aromatic carbocycles. The van der Waals surface area contributed by atoms with E-state index >= 15 is 0 Å². The second-order valence-electron chi connectivity index (χ2n) is 7.37. The first-order valence-electron chi connectivity index (χ1n) is 9.58. The van der Waals surface area contributed by atoms with Crippen LogP contribution in [-0.4, -0.2) is 29.3 Å². The van der Waals surface area contributed by atoms with Gasteiger partial charge in [0.25, 0.3) is 0 Å². The molecule has 1 saturated heterocycles. The number of nitrogens with zero attached hydrogens (tertiary/aromatic N) is 2. The first-order valence-corrected chi connectivity index (χ1v) is 9.58. The summed E-state index contributed by atoms with van der Waals surface area (Å²) in [4.78, 5) is 7.93. The molecule has 2 fully saturated rings. The zero-order chi connectivity index (χ0) is 18.2. The van der Waals surface area contributed by atoms with Gasteiger partial charge in [-0.05, 0) is 54.2 Å². The van der Waals surface area contributed by atoms with Crippen LogP contribution < -0.4 is 4.74 Å². The minimum Gasteiger partial charge on any atom is -0.489 e. The van der Waals surface area contributed by atoms with Crippen molar-refractivity contribution in [3.8, 4) is 22.9 Å². The third-order valence-electron chi connectivity index (χ3n) is 5.44. The second kappa shape index (κ2) is 6.71. The lowest BCUT2D eigenvalue weighted by Crippen LogP contribution is -2.26. The molecule has 1 aliphatic heterocycles. The van der Waals surface area contributed by atoms with Crippen LogP contribution in [0.4, 0.5) is 0 Å². The van der Waals surface area contributed by atoms with Crippen molar-refractivity contribution in [2.24, 2.45) is 0 Å². The number of ether oxygens (including phenoxy) is 2. The fourth-order valence-electron chi connectivity index (χ4n) is 3.77. The van der Waals surface area contributed by atoms with Crippen molar-refractivity contribution in [1.29, 1.82) is 5.26 Å². The van der Waals surface area contributed by atoms with E-state index in [2.05, 4.69) is 22.1 Å². The van der Waals surface area contributed by atoms with Crippen LogP contribution in [0.15, 0.2) is 36.5 Å². The van der Waals surface area contributed by atoms with Crippen molar-refractivity contribution in [2.75, 3.05) is 13.2 Å². The van der Waals surface area contributed by atoms with E-state index in [9.17, 15) is 5.26 Å². The van der Waals surface area contributed by atoms with Crippen molar-refractivity contribution >= 4 is 11.0 Å². The molecule has 0 bridgehead atoms. The summed E-state index contributed by atoms with van der Waals surface area (Å²) in [5.74, 6) is 1.31. The standard InChI is InChI=1S/C22H21N3O2/c23-13-16-11-15(3-4-21(16)27-17-6-9-26-10-7-17)18-5-8-24-22-19(18)12-20(25-22)14-1-2-14/h3-5,8,11-12,14,17H,1-2,6-7,9-10H2,(H,24,25). The molecule has 1 aliphatic carbocycles. The maximum Gasteiger partial charge on any atom is 0.138 e. The Morgan fingerprint density at radius 1 is 1.11 bits per heavy atom. The second-order valence-corrected chi connectivity index (χ2v) is 7.37. The molecule has 3 heterocycles. The lowest BCUT2D eigenvalue weighted by Gasteiger charge is -2.23. The summed E-state index contributed by atoms with van der Waals surface area (Å²) in [6.07, 6.45) is 6.17. The van der Waals surface area contributed by atoms with Crippen molar-refractivity contribution in [1.82, 2.24) is 9.97 Å². The lowest BCUT2D eigenvalue weighted by atomic mass is 10.0. The van der Waals surface area contributed by atoms with Gasteiger partial charge in [0.2, 0.25) is 0 Å². The Kier molecular flexibility index (Phi) is 4.06. The Morgan fingerprint density at radius 2 is 1.96 bits per heavy atom. The number of aromatic amines is 1. The predicted molar refractivity (Wildman–Crippen MR) is 103 cm³/mol. The third-order valence-corrected chi connectivity index (χ3v) is 5.44. The maximum absolute atomic E-state index is 9.64. The first kappa shape index (κ1) is 16.3. The Hall–Kier alpha value is -2.84. The number of hydrogen-bond acceptors (Lipinski definition) is 4. The van der Waals surface area contributed by atoms with Gasteiger partial charge in [0, 0.05) is 30.1 Å². The number of benzene rings is 1. The van der Waals surface area contributed by atoms with Crippen LogP contribution in [0.25, 0.3) is 22.2 Å². The molecule has 0 atom stereocenters. The highest BCUT2D eigenvalue weighted by Gasteiger charge is 2.26. The molecule has 0 unspecified atom stereocenters. The molecule has 27 heavy (non-hydrogen) atoms. The Bertz CT molecular complexity index is 1020. The molecule has 0 spiro atoms. The van der Waals surface area contributed by atoms with Crippen LogP contribution in [0.3, 0.4) is 0 Å². The first-order chi connectivity index (χ1) is 13.3. The van der Waals surface area contributed by atoms with Gasteiger partial charge in [0.15, 0.2) is 0 Å². The zero-order valence-corrected chi connectivity index (χ0v) is 15.1. The van der Waals surface area contributed by atoms with Gasteiger partial charge < -0.3 is 14.5 Å². The number of fused-ring (bicyclic) bond motifs is 1. The highest BCUT2D eigenvalue weighted by atomic mass is 16.5. The number of nitriles is 1. The Morgan fingerprint density at radius 3 is 2.74 bits per heavy atom. The van der Waals surface area contributed by atoms with Crippen LogP contribution in [0.2, 0.25) is 0 Å². The van der Waals surface area contributed by atoms with Crippen molar-refractivity contribution in [2.45, 2.75) is 37.7 Å². The Balaban J connectivity index is 1.50. The fraction of sp³-hybridized carbons (Fsp3) is 0.364. The van der Waals surface area contributed by atoms with Gasteiger partial charge >= 0.3 is 0 Å². The number of hydrogen-bond donors (Lipinski definition) is 1. The molecular formula is C22H21N3O2. The fourth-order valence-corrected chi connectivity index (χ4v) is 3.77. The van der Waals surface area contributed by atoms with Gasteiger partial charge in [0.05, 0.1) is 18.8 Å². The minimum atomic E-state index is 0.120. The van der Waals surface area contributed by atoms with E-state index < -0.39 is 0 Å². The monoisotopic (exact) mass is 359 g/mol. The summed E-state index contributed by atoms with van der Waals surface area (Å²) in [6.45, 7) is 1.44. The summed E-state index contributed by atoms with van der Waals surface area (Å²) < 4.78 is 11.5. The van der Waals surface area contributed by atoms with Gasteiger partial charge in [-0.15, -0.1) is 0 Å². The molecule has 5 nitrogen and oxygen atoms in total. The summed E-state index contributed by atoms with van der Waals surface area (Å²) in [5.41, 5.74) is 4.86. The van der Waals surface area contributed by atoms with Crippen molar-refractivity contribution in [3.05, 3.63) is 47.8 Å². The van der Waals surface area contributed by atoms with Crippen LogP contribution in [0, 0.1) is 11.3 Å². The molecule has 1 saturated carbocycles. The highest BCUT2D eigenvalue weighted by Crippen LogP contribution is 2.41. The van der Waals surface area contributed by atoms with E-state index in [-0.39, 0.29) is 6.10 Å². The third kappa shape index (κ3) is 3.17. The number of H-pyrrole nitrogens is 1. The van der Waals surface area contributed by atoms with E-state index in [4.69, 9.17) is 9.47 Å². The normalized spacial score (nSPS) is 17.7. The van der Waals surface area contributed by atoms with E-state index in [0.29, 0.717) is 17.2 Å². The van der Waals surface area contributed by atoms with Crippen LogP contribution in [0.5, 0.6) is 5.75 Å². The van der Waals surface area contributed by atoms with E-state index in [0.717, 1.165) is 48.2 Å². The average Bonchev–Trinajstić information content (AvgIpc) is 3.47. The Labute approximate surface area is 157 Å². The van der Waals surface area contributed by atoms with Gasteiger partial charge in [-0.25, -0.2) is 4.98 Å². The molecule has 5 rings (SSSR count). The van der Waals surface area contributed by atoms with Crippen LogP contribution in [-0.2, 0) is 4.74 Å². The molecule has 3 aromatic rings. The van der Waals surface area contributed by atoms with Crippen molar-refractivity contribution in [3.63, 3.8) is 0 Å². The van der Waals surface area contributed by atoms with Crippen molar-refractivity contribution < 1.29 is 9.47 Å². The smallest absolute Gasteiger partial charge is 0.138 e. The van der Waals surface area contributed by atoms with Crippen LogP contribution in [0.1, 0.15) is 42.9 Å². The lowest BCUT2D eigenvalue weighted by molar-refractivity contribution is 0.0254. The topological polar surface area (TPSA) is 70.9 Å². The summed E-state index contributed by atoms with van der Waals surface area (Å²) in [5, 5.41) is 10.8. The number of nitrogens with one attached hydrogen (secondary N) is 1. The maximum atomic E-state index is 9.64. The summed E-state index contributed by atoms with van der Waals surface area (Å²) in [7, 11) is 0. The number of pyridine rings is 1. The highest BCUT2D eigenvalue weighted by molar-refractivity contribution is 5.94. The van der Waals surface area contributed by atoms with Crippen LogP contribution >= 0.6 is 0 Å². The zero-order valence-electron chi connectivity index (χ0n) is 15.1. The van der Waals surface area contributed by atoms with E-state index in [1.807, 2.05) is 30.5 Å². The molecular weight excluding hydrogens is 338 g/mol. The van der Waals surface area contributed by atoms with Gasteiger partial charge in [0.1, 0.15) is 23.6 Å². The molecule has 0 radical (unpaired) electrons. The number of rotatable bonds is 4. The van der Waals surface area contributed by atoms with Gasteiger partial charge in [-0.1, -0.05) is 6.07 Å². The predicted octanol–water partition coefficient (Wildman–Crippen LogP) is 4.54. The SMILES string of the molecule is N#Cc1cc(-c2ccnc3[nH]c(C4CC4)cc23)ccc1OC1CCOCC1. The minimum absolute atomic E-state index is 0.120. The summed E-state index contributed by atoms with van der Waals surface area (Å²) >= 11 is 0. The molecule has 5 heteroatoms. The largest absolute Gasteiger partial charge is 0.489 e. The molecule has 2 aliphatic rings. The molecule has 1 N–H and O–H groups in total. The quantitative estimate of drug-likeness (QED) is 0.742. The van der Waals surface area contributed by atoms with Gasteiger partial charge in [-0.3, -0.25) is 0 Å². The van der Waals surface area contributed by atoms with E-state index in [1.165, 1.54) is 18.5 Å².